The average molecular weight is 482 g/mol. The number of nitrogens with one attached hydrogen (secondary N) is 1. The molecule has 0 saturated carbocycles. The molecule has 0 unspecified atom stereocenters. The number of carbonyl (C=O) groups is 2. The molecule has 0 aliphatic heterocycles. The first kappa shape index (κ1) is 23.2. The molecule has 1 N–H and O–H groups in total. The van der Waals surface area contributed by atoms with Gasteiger partial charge in [0.2, 0.25) is 5.91 Å². The third-order valence-electron chi connectivity index (χ3n) is 4.69. The van der Waals surface area contributed by atoms with Crippen molar-refractivity contribution >= 4 is 39.3 Å². The molecule has 5 nitrogen and oxygen atoms in total. The highest BCUT2D eigenvalue weighted by Gasteiger charge is 2.26. The van der Waals surface area contributed by atoms with E-state index in [2.05, 4.69) is 35.1 Å². The second-order valence-corrected chi connectivity index (χ2v) is 8.30. The molecule has 2 amide bonds. The fourth-order valence-electron chi connectivity index (χ4n) is 2.82. The Bertz CT molecular complexity index is 873. The van der Waals surface area contributed by atoms with Crippen molar-refractivity contribution in [2.45, 2.75) is 39.3 Å². The number of halogens is 2. The first-order chi connectivity index (χ1) is 13.7. The maximum absolute atomic E-state index is 12.9. The first-order valence-electron chi connectivity index (χ1n) is 9.41. The molecule has 0 spiro atoms. The Morgan fingerprint density at radius 3 is 2.45 bits per heavy atom. The van der Waals surface area contributed by atoms with E-state index in [0.29, 0.717) is 16.7 Å². The number of hydrogen-bond donors (Lipinski definition) is 1. The summed E-state index contributed by atoms with van der Waals surface area (Å²) in [5, 5.41) is 3.13. The van der Waals surface area contributed by atoms with Crippen LogP contribution in [0.4, 0.5) is 0 Å². The summed E-state index contributed by atoms with van der Waals surface area (Å²) < 4.78 is 6.53. The summed E-state index contributed by atoms with van der Waals surface area (Å²) >= 11 is 9.75. The highest BCUT2D eigenvalue weighted by atomic mass is 79.9. The lowest BCUT2D eigenvalue weighted by Crippen LogP contribution is -2.48. The molecule has 156 valence electrons. The van der Waals surface area contributed by atoms with E-state index >= 15 is 0 Å². The number of hydrogen-bond acceptors (Lipinski definition) is 3. The molecule has 0 aromatic heterocycles. The zero-order valence-electron chi connectivity index (χ0n) is 17.0. The van der Waals surface area contributed by atoms with Crippen LogP contribution in [-0.4, -0.2) is 36.4 Å². The molecule has 29 heavy (non-hydrogen) atoms. The van der Waals surface area contributed by atoms with Crippen LogP contribution in [-0.2, 0) is 16.1 Å². The predicted octanol–water partition coefficient (Wildman–Crippen LogP) is 4.77. The molecule has 2 aromatic carbocycles. The van der Waals surface area contributed by atoms with E-state index in [1.54, 1.807) is 20.0 Å². The van der Waals surface area contributed by atoms with Crippen LogP contribution in [0.15, 0.2) is 46.9 Å². The lowest BCUT2D eigenvalue weighted by molar-refractivity contribution is -0.142. The summed E-state index contributed by atoms with van der Waals surface area (Å²) in [6, 6.07) is 12.4. The van der Waals surface area contributed by atoms with E-state index in [1.807, 2.05) is 36.4 Å². The van der Waals surface area contributed by atoms with E-state index < -0.39 is 6.04 Å². The molecule has 2 aromatic rings. The third kappa shape index (κ3) is 6.21. The predicted molar refractivity (Wildman–Crippen MR) is 119 cm³/mol. The summed E-state index contributed by atoms with van der Waals surface area (Å²) in [7, 11) is 1.54. The molecule has 0 aliphatic rings. The number of amides is 2. The van der Waals surface area contributed by atoms with Crippen molar-refractivity contribution in [1.82, 2.24) is 10.2 Å². The molecular formula is C22H26BrClN2O3. The molecule has 2 rings (SSSR count). The maximum Gasteiger partial charge on any atom is 0.261 e. The van der Waals surface area contributed by atoms with Gasteiger partial charge in [-0.3, -0.25) is 9.59 Å². The molecule has 0 radical (unpaired) electrons. The minimum atomic E-state index is -0.667. The number of carbonyl (C=O) groups excluding carboxylic acids is 2. The average Bonchev–Trinajstić information content (AvgIpc) is 2.70. The normalized spacial score (nSPS) is 11.8. The summed E-state index contributed by atoms with van der Waals surface area (Å²) in [6.45, 7) is 5.92. The standard InChI is InChI=1S/C22H26BrClN2O3/c1-14(2)16-9-10-20(18(23)11-16)29-13-21(27)26(15(3)22(28)25-4)12-17-7-5-6-8-19(17)24/h5-11,14-15H,12-13H2,1-4H3,(H,25,28)/t15-/m1/s1. The van der Waals surface area contributed by atoms with Gasteiger partial charge in [0.15, 0.2) is 6.61 Å². The topological polar surface area (TPSA) is 58.6 Å². The Labute approximate surface area is 185 Å². The summed E-state index contributed by atoms with van der Waals surface area (Å²) in [4.78, 5) is 26.6. The third-order valence-corrected chi connectivity index (χ3v) is 5.67. The molecule has 0 fully saturated rings. The van der Waals surface area contributed by atoms with E-state index in [1.165, 1.54) is 10.5 Å². The second-order valence-electron chi connectivity index (χ2n) is 7.04. The number of rotatable bonds is 8. The first-order valence-corrected chi connectivity index (χ1v) is 10.6. The molecular weight excluding hydrogens is 456 g/mol. The Morgan fingerprint density at radius 2 is 1.86 bits per heavy atom. The van der Waals surface area contributed by atoms with Crippen LogP contribution in [0.1, 0.15) is 37.8 Å². The Morgan fingerprint density at radius 1 is 1.17 bits per heavy atom. The minimum Gasteiger partial charge on any atom is -0.483 e. The van der Waals surface area contributed by atoms with Gasteiger partial charge in [-0.05, 0) is 58.1 Å². The number of likely N-dealkylation sites (N-methyl/N-ethyl adjacent to an activating group) is 1. The van der Waals surface area contributed by atoms with Gasteiger partial charge in [0.05, 0.1) is 4.47 Å². The van der Waals surface area contributed by atoms with Crippen molar-refractivity contribution in [3.05, 3.63) is 63.1 Å². The number of nitrogens with zero attached hydrogens (tertiary/aromatic N) is 1. The Hall–Kier alpha value is -2.05. The monoisotopic (exact) mass is 480 g/mol. The molecule has 7 heteroatoms. The molecule has 0 aliphatic carbocycles. The van der Waals surface area contributed by atoms with Gasteiger partial charge in [-0.15, -0.1) is 0 Å². The summed E-state index contributed by atoms with van der Waals surface area (Å²) in [5.41, 5.74) is 1.94. The van der Waals surface area contributed by atoms with Crippen molar-refractivity contribution in [2.24, 2.45) is 0 Å². The van der Waals surface area contributed by atoms with E-state index in [0.717, 1.165) is 10.0 Å². The molecule has 0 bridgehead atoms. The van der Waals surface area contributed by atoms with Crippen LogP contribution in [0.5, 0.6) is 5.75 Å². The summed E-state index contributed by atoms with van der Waals surface area (Å²) in [6.07, 6.45) is 0. The highest BCUT2D eigenvalue weighted by molar-refractivity contribution is 9.10. The van der Waals surface area contributed by atoms with Crippen molar-refractivity contribution in [1.29, 1.82) is 0 Å². The van der Waals surface area contributed by atoms with Gasteiger partial charge in [-0.2, -0.15) is 0 Å². The fraction of sp³-hybridized carbons (Fsp3) is 0.364. The lowest BCUT2D eigenvalue weighted by Gasteiger charge is -2.28. The highest BCUT2D eigenvalue weighted by Crippen LogP contribution is 2.29. The van der Waals surface area contributed by atoms with Crippen LogP contribution >= 0.6 is 27.5 Å². The van der Waals surface area contributed by atoms with Crippen LogP contribution in [0.2, 0.25) is 5.02 Å². The second kappa shape index (κ2) is 10.6. The minimum absolute atomic E-state index is 0.189. The lowest BCUT2D eigenvalue weighted by atomic mass is 10.0. The van der Waals surface area contributed by atoms with E-state index in [9.17, 15) is 9.59 Å². The van der Waals surface area contributed by atoms with Crippen molar-refractivity contribution in [2.75, 3.05) is 13.7 Å². The molecule has 0 heterocycles. The maximum atomic E-state index is 12.9. The van der Waals surface area contributed by atoms with Gasteiger partial charge in [-0.25, -0.2) is 0 Å². The number of benzene rings is 2. The zero-order chi connectivity index (χ0) is 21.6. The molecule has 1 atom stereocenters. The Balaban J connectivity index is 2.17. The van der Waals surface area contributed by atoms with Crippen molar-refractivity contribution in [3.8, 4) is 5.75 Å². The quantitative estimate of drug-likeness (QED) is 0.591. The SMILES string of the molecule is CNC(=O)[C@@H](C)N(Cc1ccccc1Cl)C(=O)COc1ccc(C(C)C)cc1Br. The number of ether oxygens (including phenoxy) is 1. The van der Waals surface area contributed by atoms with Crippen molar-refractivity contribution in [3.63, 3.8) is 0 Å². The van der Waals surface area contributed by atoms with Crippen LogP contribution in [0.3, 0.4) is 0 Å². The van der Waals surface area contributed by atoms with Gasteiger partial charge in [0.1, 0.15) is 11.8 Å². The Kier molecular flexibility index (Phi) is 8.53. The zero-order valence-corrected chi connectivity index (χ0v) is 19.4. The molecule has 0 saturated heterocycles. The van der Waals surface area contributed by atoms with E-state index in [-0.39, 0.29) is 25.0 Å². The van der Waals surface area contributed by atoms with Gasteiger partial charge < -0.3 is 15.0 Å². The fourth-order valence-corrected chi connectivity index (χ4v) is 3.52. The van der Waals surface area contributed by atoms with E-state index in [4.69, 9.17) is 16.3 Å². The van der Waals surface area contributed by atoms with Gasteiger partial charge in [0, 0.05) is 18.6 Å². The van der Waals surface area contributed by atoms with Crippen LogP contribution in [0, 0.1) is 0 Å². The van der Waals surface area contributed by atoms with Crippen molar-refractivity contribution < 1.29 is 14.3 Å². The summed E-state index contributed by atoms with van der Waals surface area (Å²) in [5.74, 6) is 0.406. The largest absolute Gasteiger partial charge is 0.483 e. The van der Waals surface area contributed by atoms with Crippen LogP contribution in [0.25, 0.3) is 0 Å². The van der Waals surface area contributed by atoms with Gasteiger partial charge >= 0.3 is 0 Å². The van der Waals surface area contributed by atoms with Crippen LogP contribution < -0.4 is 10.1 Å². The van der Waals surface area contributed by atoms with Gasteiger partial charge in [0.25, 0.3) is 5.91 Å². The smallest absolute Gasteiger partial charge is 0.261 e. The van der Waals surface area contributed by atoms with Gasteiger partial charge in [-0.1, -0.05) is 49.7 Å².